The molecule has 6 heteroatoms. The molecule has 0 unspecified atom stereocenters. The van der Waals surface area contributed by atoms with Crippen LogP contribution in [0.5, 0.6) is 0 Å². The molecule has 1 heterocycles. The highest BCUT2D eigenvalue weighted by molar-refractivity contribution is 6.05. The van der Waals surface area contributed by atoms with Crippen molar-refractivity contribution in [3.63, 3.8) is 0 Å². The molecule has 1 aliphatic heterocycles. The van der Waals surface area contributed by atoms with Crippen LogP contribution in [0.25, 0.3) is 0 Å². The summed E-state index contributed by atoms with van der Waals surface area (Å²) < 4.78 is 0. The van der Waals surface area contributed by atoms with E-state index in [1.165, 1.54) is 4.90 Å². The van der Waals surface area contributed by atoms with Gasteiger partial charge in [-0.05, 0) is 18.4 Å². The predicted molar refractivity (Wildman–Crippen MR) is 92.1 cm³/mol. The molecule has 1 aromatic rings. The number of hydrogen-bond acceptors (Lipinski definition) is 4. The number of hydrogen-bond donors (Lipinski definition) is 1. The smallest absolute Gasteiger partial charge is 0.245 e. The van der Waals surface area contributed by atoms with Gasteiger partial charge < -0.3 is 10.2 Å². The second kappa shape index (κ2) is 9.58. The average molecular weight is 341 g/mol. The number of nitriles is 1. The first-order chi connectivity index (χ1) is 12.1. The highest BCUT2D eigenvalue weighted by Gasteiger charge is 2.29. The molecule has 0 aliphatic carbocycles. The Morgan fingerprint density at radius 3 is 2.60 bits per heavy atom. The predicted octanol–water partition coefficient (Wildman–Crippen LogP) is 1.80. The van der Waals surface area contributed by atoms with Gasteiger partial charge in [0.15, 0.2) is 11.7 Å². The van der Waals surface area contributed by atoms with Crippen molar-refractivity contribution in [3.05, 3.63) is 35.9 Å². The molecule has 1 atom stereocenters. The fraction of sp³-hybridized carbons (Fsp3) is 0.474. The third kappa shape index (κ3) is 5.71. The molecule has 1 N–H and O–H groups in total. The van der Waals surface area contributed by atoms with Crippen LogP contribution in [0.4, 0.5) is 0 Å². The van der Waals surface area contributed by atoms with Gasteiger partial charge >= 0.3 is 0 Å². The second-order valence-corrected chi connectivity index (χ2v) is 6.21. The van der Waals surface area contributed by atoms with Crippen molar-refractivity contribution in [2.24, 2.45) is 5.92 Å². The van der Waals surface area contributed by atoms with Gasteiger partial charge in [0.2, 0.25) is 11.8 Å². The minimum Gasteiger partial charge on any atom is -0.350 e. The maximum atomic E-state index is 12.4. The zero-order chi connectivity index (χ0) is 18.1. The van der Waals surface area contributed by atoms with E-state index in [9.17, 15) is 19.6 Å². The number of benzene rings is 1. The summed E-state index contributed by atoms with van der Waals surface area (Å²) in [6.45, 7) is 0.595. The molecule has 2 amide bonds. The normalized spacial score (nSPS) is 16.3. The highest BCUT2D eigenvalue weighted by atomic mass is 16.2. The van der Waals surface area contributed by atoms with Crippen molar-refractivity contribution in [2.75, 3.05) is 13.1 Å². The number of rotatable bonds is 6. The summed E-state index contributed by atoms with van der Waals surface area (Å²) in [7, 11) is 0. The van der Waals surface area contributed by atoms with Gasteiger partial charge in [0.1, 0.15) is 0 Å². The average Bonchev–Trinajstić information content (AvgIpc) is 2.61. The maximum absolute atomic E-state index is 12.4. The van der Waals surface area contributed by atoms with E-state index >= 15 is 0 Å². The van der Waals surface area contributed by atoms with Gasteiger partial charge in [-0.2, -0.15) is 5.26 Å². The van der Waals surface area contributed by atoms with Crippen molar-refractivity contribution in [1.82, 2.24) is 10.2 Å². The first-order valence-corrected chi connectivity index (χ1v) is 8.63. The Labute approximate surface area is 147 Å². The van der Waals surface area contributed by atoms with Gasteiger partial charge in [-0.3, -0.25) is 14.4 Å². The third-order valence-electron chi connectivity index (χ3n) is 4.29. The number of carbonyl (C=O) groups excluding carboxylic acids is 3. The largest absolute Gasteiger partial charge is 0.350 e. The van der Waals surface area contributed by atoms with Crippen molar-refractivity contribution in [1.29, 1.82) is 5.26 Å². The van der Waals surface area contributed by atoms with Gasteiger partial charge in [-0.15, -0.1) is 0 Å². The van der Waals surface area contributed by atoms with Gasteiger partial charge in [-0.1, -0.05) is 43.2 Å². The van der Waals surface area contributed by atoms with Crippen LogP contribution in [-0.2, 0) is 20.9 Å². The number of likely N-dealkylation sites (tertiary alicyclic amines) is 1. The van der Waals surface area contributed by atoms with Crippen molar-refractivity contribution >= 4 is 17.6 Å². The summed E-state index contributed by atoms with van der Waals surface area (Å²) in [6, 6.07) is 11.0. The van der Waals surface area contributed by atoms with Gasteiger partial charge in [-0.25, -0.2) is 0 Å². The van der Waals surface area contributed by atoms with Crippen LogP contribution < -0.4 is 5.32 Å². The first-order valence-electron chi connectivity index (χ1n) is 8.63. The summed E-state index contributed by atoms with van der Waals surface area (Å²) in [6.07, 6.45) is 4.14. The van der Waals surface area contributed by atoms with E-state index in [-0.39, 0.29) is 19.0 Å². The highest BCUT2D eigenvalue weighted by Crippen LogP contribution is 2.12. The molecule has 0 aromatic heterocycles. The molecule has 1 fully saturated rings. The van der Waals surface area contributed by atoms with Crippen LogP contribution in [-0.4, -0.2) is 35.6 Å². The summed E-state index contributed by atoms with van der Waals surface area (Å²) in [5, 5.41) is 11.8. The molecule has 0 radical (unpaired) electrons. The van der Waals surface area contributed by atoms with Gasteiger partial charge in [0, 0.05) is 19.5 Å². The third-order valence-corrected chi connectivity index (χ3v) is 4.29. The van der Waals surface area contributed by atoms with E-state index in [1.807, 2.05) is 30.3 Å². The Kier molecular flexibility index (Phi) is 7.15. The minimum absolute atomic E-state index is 0.0746. The lowest BCUT2D eigenvalue weighted by Crippen LogP contribution is -2.42. The Bertz CT molecular complexity index is 652. The molecule has 1 aliphatic rings. The van der Waals surface area contributed by atoms with E-state index in [4.69, 9.17) is 0 Å². The lowest BCUT2D eigenvalue weighted by molar-refractivity contribution is -0.139. The zero-order valence-electron chi connectivity index (χ0n) is 14.2. The fourth-order valence-electron chi connectivity index (χ4n) is 2.83. The molecule has 1 saturated heterocycles. The lowest BCUT2D eigenvalue weighted by Gasteiger charge is -2.24. The van der Waals surface area contributed by atoms with Crippen molar-refractivity contribution < 1.29 is 14.4 Å². The number of ketones is 1. The monoisotopic (exact) mass is 341 g/mol. The first kappa shape index (κ1) is 18.7. The molecule has 1 aromatic carbocycles. The molecule has 25 heavy (non-hydrogen) atoms. The quantitative estimate of drug-likeness (QED) is 0.799. The minimum atomic E-state index is -1.39. The lowest BCUT2D eigenvalue weighted by atomic mass is 10.0. The molecular weight excluding hydrogens is 318 g/mol. The molecule has 0 saturated carbocycles. The number of nitrogens with one attached hydrogen (secondary N) is 1. The molecule has 0 spiro atoms. The Balaban J connectivity index is 1.91. The maximum Gasteiger partial charge on any atom is 0.245 e. The summed E-state index contributed by atoms with van der Waals surface area (Å²) in [5.41, 5.74) is 0.888. The van der Waals surface area contributed by atoms with Crippen LogP contribution >= 0.6 is 0 Å². The summed E-state index contributed by atoms with van der Waals surface area (Å²) in [5.74, 6) is -2.60. The van der Waals surface area contributed by atoms with Crippen LogP contribution in [0.2, 0.25) is 0 Å². The molecule has 0 bridgehead atoms. The number of carbonyl (C=O) groups is 3. The molecule has 132 valence electrons. The molecule has 6 nitrogen and oxygen atoms in total. The number of nitrogens with zero attached hydrogens (tertiary/aromatic N) is 2. The Morgan fingerprint density at radius 1 is 1.16 bits per heavy atom. The van der Waals surface area contributed by atoms with Crippen molar-refractivity contribution in [2.45, 2.75) is 38.6 Å². The van der Waals surface area contributed by atoms with Crippen molar-refractivity contribution in [3.8, 4) is 6.07 Å². The SMILES string of the molecule is N#C[C@H](C(=O)CN1CCCCCCC1=O)C(=O)NCc1ccccc1. The van der Waals surface area contributed by atoms with E-state index in [0.29, 0.717) is 13.0 Å². The van der Waals surface area contributed by atoms with Crippen LogP contribution in [0.15, 0.2) is 30.3 Å². The standard InChI is InChI=1S/C19H23N3O3/c20-12-16(19(25)21-13-15-8-4-3-5-9-15)17(23)14-22-11-7-2-1-6-10-18(22)24/h3-5,8-9,16H,1-2,6-7,10-11,13-14H2,(H,21,25)/t16-/m1/s1. The van der Waals surface area contributed by atoms with Crippen LogP contribution in [0.3, 0.4) is 0 Å². The van der Waals surface area contributed by atoms with Gasteiger partial charge in [0.05, 0.1) is 12.6 Å². The topological polar surface area (TPSA) is 90.3 Å². The summed E-state index contributed by atoms with van der Waals surface area (Å²) >= 11 is 0. The van der Waals surface area contributed by atoms with Gasteiger partial charge in [0.25, 0.3) is 0 Å². The summed E-state index contributed by atoms with van der Waals surface area (Å²) in [4.78, 5) is 38.1. The molecular formula is C19H23N3O3. The van der Waals surface area contributed by atoms with E-state index in [2.05, 4.69) is 5.32 Å². The van der Waals surface area contributed by atoms with Crippen LogP contribution in [0.1, 0.15) is 37.7 Å². The Morgan fingerprint density at radius 2 is 1.88 bits per heavy atom. The second-order valence-electron chi connectivity index (χ2n) is 6.21. The Hall–Kier alpha value is -2.68. The zero-order valence-corrected chi connectivity index (χ0v) is 14.2. The molecule has 2 rings (SSSR count). The van der Waals surface area contributed by atoms with E-state index in [1.54, 1.807) is 6.07 Å². The fourth-order valence-corrected chi connectivity index (χ4v) is 2.83. The van der Waals surface area contributed by atoms with E-state index in [0.717, 1.165) is 31.2 Å². The van der Waals surface area contributed by atoms with E-state index < -0.39 is 17.6 Å². The number of Topliss-reactive ketones (excluding diaryl/α,β-unsaturated/α-hetero) is 1. The number of amides is 2. The van der Waals surface area contributed by atoms with Crippen LogP contribution in [0, 0.1) is 17.2 Å².